The number of alkyl halides is 1. The fourth-order valence-electron chi connectivity index (χ4n) is 2.86. The summed E-state index contributed by atoms with van der Waals surface area (Å²) >= 11 is 7.87. The van der Waals surface area contributed by atoms with E-state index in [2.05, 4.69) is 29.8 Å². The van der Waals surface area contributed by atoms with Crippen LogP contribution in [0.4, 0.5) is 0 Å². The van der Waals surface area contributed by atoms with Crippen LogP contribution in [0, 0.1) is 0 Å². The minimum absolute atomic E-state index is 0.452. The van der Waals surface area contributed by atoms with E-state index in [1.165, 1.54) is 0 Å². The molecule has 1 atom stereocenters. The topological polar surface area (TPSA) is 35.6 Å². The highest BCUT2D eigenvalue weighted by Gasteiger charge is 2.22. The average molecular weight is 329 g/mol. The number of halogens is 1. The number of thioether (sulfide) groups is 1. The van der Waals surface area contributed by atoms with Crippen molar-refractivity contribution >= 4 is 34.5 Å². The number of rotatable bonds is 8. The largest absolute Gasteiger partial charge is 0.309 e. The number of nitrogens with zero attached hydrogens (tertiary/aromatic N) is 4. The third-order valence-electron chi connectivity index (χ3n) is 3.81. The normalized spacial score (nSPS) is 13.2. The van der Waals surface area contributed by atoms with Gasteiger partial charge >= 0.3 is 0 Å². The quantitative estimate of drug-likeness (QED) is 0.691. The van der Waals surface area contributed by atoms with Crippen LogP contribution in [0.5, 0.6) is 0 Å². The monoisotopic (exact) mass is 328 g/mol. The molecular weight excluding hydrogens is 304 g/mol. The van der Waals surface area contributed by atoms with Crippen molar-refractivity contribution in [2.75, 3.05) is 17.9 Å². The number of hydrogen-bond donors (Lipinski definition) is 0. The summed E-state index contributed by atoms with van der Waals surface area (Å²) in [5, 5.41) is 4.67. The number of fused-ring (bicyclic) bond motifs is 1. The summed E-state index contributed by atoms with van der Waals surface area (Å²) in [5.41, 5.74) is 3.34. The summed E-state index contributed by atoms with van der Waals surface area (Å²) < 4.78 is 4.37. The zero-order valence-corrected chi connectivity index (χ0v) is 15.0. The Balaban J connectivity index is 2.60. The molecule has 0 amide bonds. The van der Waals surface area contributed by atoms with Crippen LogP contribution in [0.15, 0.2) is 0 Å². The van der Waals surface area contributed by atoms with Gasteiger partial charge in [-0.1, -0.05) is 20.3 Å². The van der Waals surface area contributed by atoms with E-state index in [4.69, 9.17) is 16.6 Å². The molecule has 0 radical (unpaired) electrons. The first-order valence-electron chi connectivity index (χ1n) is 7.65. The number of hydrogen-bond acceptors (Lipinski definition) is 3. The molecule has 2 heterocycles. The number of aryl methyl sites for hydroxylation is 3. The molecule has 2 aromatic heterocycles. The molecule has 118 valence electrons. The van der Waals surface area contributed by atoms with Gasteiger partial charge in [0.15, 0.2) is 5.65 Å². The van der Waals surface area contributed by atoms with Crippen molar-refractivity contribution in [3.05, 3.63) is 11.5 Å². The Morgan fingerprint density at radius 2 is 2.05 bits per heavy atom. The second-order valence-electron chi connectivity index (χ2n) is 5.35. The fourth-order valence-corrected chi connectivity index (χ4v) is 3.80. The summed E-state index contributed by atoms with van der Waals surface area (Å²) in [4.78, 5) is 4.88. The van der Waals surface area contributed by atoms with Crippen molar-refractivity contribution in [1.82, 2.24) is 19.3 Å². The lowest BCUT2D eigenvalue weighted by Crippen LogP contribution is -2.16. The van der Waals surface area contributed by atoms with Gasteiger partial charge in [-0.05, 0) is 19.1 Å². The Bertz CT molecular complexity index is 590. The zero-order valence-electron chi connectivity index (χ0n) is 13.4. The van der Waals surface area contributed by atoms with E-state index in [1.807, 2.05) is 23.5 Å². The van der Waals surface area contributed by atoms with E-state index in [0.29, 0.717) is 11.9 Å². The zero-order chi connectivity index (χ0) is 15.4. The molecule has 6 heteroatoms. The highest BCUT2D eigenvalue weighted by atomic mass is 35.5. The van der Waals surface area contributed by atoms with Gasteiger partial charge in [0.25, 0.3) is 0 Å². The van der Waals surface area contributed by atoms with Crippen molar-refractivity contribution in [2.24, 2.45) is 7.05 Å². The lowest BCUT2D eigenvalue weighted by Gasteiger charge is -2.19. The van der Waals surface area contributed by atoms with E-state index < -0.39 is 0 Å². The Hall–Kier alpha value is -0.680. The molecule has 0 bridgehead atoms. The van der Waals surface area contributed by atoms with Crippen LogP contribution < -0.4 is 0 Å². The van der Waals surface area contributed by atoms with E-state index in [1.54, 1.807) is 0 Å². The van der Waals surface area contributed by atoms with Gasteiger partial charge in [0.2, 0.25) is 0 Å². The smallest absolute Gasteiger partial charge is 0.158 e. The molecule has 0 saturated heterocycles. The SMILES string of the molecule is CCCc1nn(C)c2c1nc(CCCl)n2C(CC)CSC. The molecule has 0 fully saturated rings. The Kier molecular flexibility index (Phi) is 5.99. The molecule has 21 heavy (non-hydrogen) atoms. The molecule has 2 rings (SSSR count). The van der Waals surface area contributed by atoms with Crippen LogP contribution in [0.3, 0.4) is 0 Å². The first-order chi connectivity index (χ1) is 10.2. The standard InChI is InChI=1S/C15H25ClN4S/c1-5-7-12-14-15(19(3)18-12)20(11(6-2)10-21-4)13(17-14)8-9-16/h11H,5-10H2,1-4H3. The van der Waals surface area contributed by atoms with E-state index in [-0.39, 0.29) is 0 Å². The maximum atomic E-state index is 5.99. The van der Waals surface area contributed by atoms with E-state index in [0.717, 1.165) is 54.1 Å². The van der Waals surface area contributed by atoms with E-state index >= 15 is 0 Å². The second-order valence-corrected chi connectivity index (χ2v) is 6.64. The van der Waals surface area contributed by atoms with Gasteiger partial charge in [0.05, 0.1) is 5.69 Å². The minimum Gasteiger partial charge on any atom is -0.309 e. The van der Waals surface area contributed by atoms with Crippen LogP contribution in [0.1, 0.15) is 44.2 Å². The molecular formula is C15H25ClN4S. The summed E-state index contributed by atoms with van der Waals surface area (Å²) in [5.74, 6) is 2.80. The summed E-state index contributed by atoms with van der Waals surface area (Å²) in [7, 11) is 2.02. The van der Waals surface area contributed by atoms with Gasteiger partial charge in [0, 0.05) is 31.1 Å². The summed E-state index contributed by atoms with van der Waals surface area (Å²) in [6, 6.07) is 0.452. The van der Waals surface area contributed by atoms with Crippen LogP contribution in [0.2, 0.25) is 0 Å². The average Bonchev–Trinajstić information content (AvgIpc) is 2.96. The number of imidazole rings is 1. The van der Waals surface area contributed by atoms with Crippen molar-refractivity contribution in [3.63, 3.8) is 0 Å². The Morgan fingerprint density at radius 1 is 1.29 bits per heavy atom. The van der Waals surface area contributed by atoms with Gasteiger partial charge in [-0.2, -0.15) is 16.9 Å². The molecule has 2 aromatic rings. The van der Waals surface area contributed by atoms with Crippen molar-refractivity contribution in [3.8, 4) is 0 Å². The lowest BCUT2D eigenvalue weighted by molar-refractivity contribution is 0.520. The molecule has 0 N–H and O–H groups in total. The highest BCUT2D eigenvalue weighted by molar-refractivity contribution is 7.98. The van der Waals surface area contributed by atoms with Gasteiger partial charge in [-0.15, -0.1) is 11.6 Å². The minimum atomic E-state index is 0.452. The fraction of sp³-hybridized carbons (Fsp3) is 0.733. The van der Waals surface area contributed by atoms with Gasteiger partial charge in [-0.3, -0.25) is 4.68 Å². The highest BCUT2D eigenvalue weighted by Crippen LogP contribution is 2.28. The van der Waals surface area contributed by atoms with Crippen molar-refractivity contribution in [1.29, 1.82) is 0 Å². The maximum absolute atomic E-state index is 5.99. The van der Waals surface area contributed by atoms with Crippen molar-refractivity contribution < 1.29 is 0 Å². The number of aromatic nitrogens is 4. The third kappa shape index (κ3) is 3.24. The second kappa shape index (κ2) is 7.54. The van der Waals surface area contributed by atoms with Crippen LogP contribution in [-0.2, 0) is 19.9 Å². The van der Waals surface area contributed by atoms with E-state index in [9.17, 15) is 0 Å². The van der Waals surface area contributed by atoms with Gasteiger partial charge in [0.1, 0.15) is 11.3 Å². The summed E-state index contributed by atoms with van der Waals surface area (Å²) in [6.07, 6.45) is 6.13. The predicted molar refractivity (Wildman–Crippen MR) is 92.6 cm³/mol. The maximum Gasteiger partial charge on any atom is 0.158 e. The molecule has 4 nitrogen and oxygen atoms in total. The molecule has 0 aliphatic heterocycles. The molecule has 0 saturated carbocycles. The molecule has 1 unspecified atom stereocenters. The Labute approximate surface area is 136 Å². The third-order valence-corrected chi connectivity index (χ3v) is 4.72. The van der Waals surface area contributed by atoms with Gasteiger partial charge in [-0.25, -0.2) is 4.98 Å². The Morgan fingerprint density at radius 3 is 2.62 bits per heavy atom. The molecule has 0 aromatic carbocycles. The van der Waals surface area contributed by atoms with Crippen molar-refractivity contribution in [2.45, 2.75) is 45.6 Å². The molecule has 0 spiro atoms. The van der Waals surface area contributed by atoms with Crippen LogP contribution >= 0.6 is 23.4 Å². The van der Waals surface area contributed by atoms with Crippen LogP contribution in [-0.4, -0.2) is 37.2 Å². The first-order valence-corrected chi connectivity index (χ1v) is 9.58. The van der Waals surface area contributed by atoms with Crippen LogP contribution in [0.25, 0.3) is 11.2 Å². The first kappa shape index (κ1) is 16.7. The van der Waals surface area contributed by atoms with Gasteiger partial charge < -0.3 is 4.57 Å². The lowest BCUT2D eigenvalue weighted by atomic mass is 10.2. The molecule has 0 aliphatic rings. The summed E-state index contributed by atoms with van der Waals surface area (Å²) in [6.45, 7) is 4.42. The molecule has 0 aliphatic carbocycles. The predicted octanol–water partition coefficient (Wildman–Crippen LogP) is 3.82.